The number of aliphatic hydroxyl groups excluding tert-OH is 2. The number of ether oxygens (including phenoxy) is 2. The smallest absolute Gasteiger partial charge is 0.407 e. The van der Waals surface area contributed by atoms with Gasteiger partial charge in [-0.15, -0.1) is 0 Å². The summed E-state index contributed by atoms with van der Waals surface area (Å²) in [4.78, 5) is 22.8. The number of esters is 1. The molecule has 2 unspecified atom stereocenters. The van der Waals surface area contributed by atoms with Gasteiger partial charge in [0.1, 0.15) is 18.8 Å². The minimum Gasteiger partial charge on any atom is -0.466 e. The number of amides is 1. The molecular formula is C21H23NO6. The average Bonchev–Trinajstić information content (AvgIpc) is 2.74. The minimum absolute atomic E-state index is 0.117. The van der Waals surface area contributed by atoms with Crippen LogP contribution in [0.25, 0.3) is 6.08 Å². The minimum atomic E-state index is -1.21. The molecule has 0 radical (unpaired) electrons. The molecule has 0 saturated heterocycles. The summed E-state index contributed by atoms with van der Waals surface area (Å²) < 4.78 is 9.56. The largest absolute Gasteiger partial charge is 0.466 e. The Morgan fingerprint density at radius 2 is 1.75 bits per heavy atom. The molecule has 0 heterocycles. The molecule has 2 aromatic carbocycles. The number of hydrogen-bond acceptors (Lipinski definition) is 6. The van der Waals surface area contributed by atoms with E-state index in [1.54, 1.807) is 30.3 Å². The first-order valence-corrected chi connectivity index (χ1v) is 8.66. The van der Waals surface area contributed by atoms with Crippen molar-refractivity contribution in [1.82, 2.24) is 5.32 Å². The maximum atomic E-state index is 11.7. The Morgan fingerprint density at radius 1 is 1.07 bits per heavy atom. The predicted octanol–water partition coefficient (Wildman–Crippen LogP) is 2.19. The Balaban J connectivity index is 1.79. The summed E-state index contributed by atoms with van der Waals surface area (Å²) in [5.41, 5.74) is 2.06. The summed E-state index contributed by atoms with van der Waals surface area (Å²) in [7, 11) is 1.29. The summed E-state index contributed by atoms with van der Waals surface area (Å²) >= 11 is 0. The van der Waals surface area contributed by atoms with Gasteiger partial charge in [0, 0.05) is 12.6 Å². The van der Waals surface area contributed by atoms with Gasteiger partial charge in [0.05, 0.1) is 7.11 Å². The summed E-state index contributed by atoms with van der Waals surface area (Å²) in [6, 6.07) is 15.8. The molecule has 3 N–H and O–H groups in total. The van der Waals surface area contributed by atoms with Crippen LogP contribution in [0.5, 0.6) is 0 Å². The fraction of sp³-hybridized carbons (Fsp3) is 0.238. The first kappa shape index (κ1) is 21.1. The van der Waals surface area contributed by atoms with Crippen molar-refractivity contribution in [2.24, 2.45) is 0 Å². The molecule has 0 aliphatic heterocycles. The van der Waals surface area contributed by atoms with E-state index in [1.165, 1.54) is 13.2 Å². The number of benzene rings is 2. The van der Waals surface area contributed by atoms with Crippen molar-refractivity contribution < 1.29 is 29.3 Å². The van der Waals surface area contributed by atoms with Gasteiger partial charge in [-0.3, -0.25) is 0 Å². The van der Waals surface area contributed by atoms with Crippen LogP contribution in [0.2, 0.25) is 0 Å². The normalized spacial score (nSPS) is 13.0. The second-order valence-electron chi connectivity index (χ2n) is 5.98. The third-order valence-electron chi connectivity index (χ3n) is 3.92. The van der Waals surface area contributed by atoms with Gasteiger partial charge in [0.25, 0.3) is 0 Å². The van der Waals surface area contributed by atoms with Crippen molar-refractivity contribution in [3.63, 3.8) is 0 Å². The van der Waals surface area contributed by atoms with Gasteiger partial charge in [-0.25, -0.2) is 9.59 Å². The molecule has 28 heavy (non-hydrogen) atoms. The van der Waals surface area contributed by atoms with Crippen LogP contribution in [-0.4, -0.2) is 42.0 Å². The highest BCUT2D eigenvalue weighted by Crippen LogP contribution is 2.18. The maximum absolute atomic E-state index is 11.7. The Hall–Kier alpha value is -3.16. The number of alkyl carbamates (subject to hydrolysis) is 1. The number of aliphatic hydroxyl groups is 2. The van der Waals surface area contributed by atoms with Crippen molar-refractivity contribution in [3.8, 4) is 0 Å². The highest BCUT2D eigenvalue weighted by Gasteiger charge is 2.19. The Labute approximate surface area is 163 Å². The second kappa shape index (κ2) is 10.9. The quantitative estimate of drug-likeness (QED) is 0.475. The van der Waals surface area contributed by atoms with E-state index in [1.807, 2.05) is 30.3 Å². The van der Waals surface area contributed by atoms with Gasteiger partial charge in [-0.05, 0) is 22.8 Å². The van der Waals surface area contributed by atoms with Crippen LogP contribution < -0.4 is 5.32 Å². The van der Waals surface area contributed by atoms with Crippen LogP contribution in [0.15, 0.2) is 60.7 Å². The number of carbonyl (C=O) groups excluding carboxylic acids is 2. The SMILES string of the molecule is COC(=O)/C=C/c1ccc(C(O)C(O)CNC(=O)OCc2ccccc2)cc1. The zero-order chi connectivity index (χ0) is 20.4. The number of hydrogen-bond donors (Lipinski definition) is 3. The van der Waals surface area contributed by atoms with Gasteiger partial charge < -0.3 is 25.0 Å². The van der Waals surface area contributed by atoms with Gasteiger partial charge in [-0.2, -0.15) is 0 Å². The first-order chi connectivity index (χ1) is 13.5. The Kier molecular flexibility index (Phi) is 8.20. The molecule has 2 atom stereocenters. The van der Waals surface area contributed by atoms with E-state index in [-0.39, 0.29) is 13.2 Å². The van der Waals surface area contributed by atoms with E-state index in [0.29, 0.717) is 5.56 Å². The molecule has 0 saturated carbocycles. The lowest BCUT2D eigenvalue weighted by atomic mass is 10.0. The second-order valence-corrected chi connectivity index (χ2v) is 5.98. The van der Waals surface area contributed by atoms with Crippen molar-refractivity contribution >= 4 is 18.1 Å². The van der Waals surface area contributed by atoms with Crippen LogP contribution in [0.4, 0.5) is 4.79 Å². The van der Waals surface area contributed by atoms with Gasteiger partial charge in [-0.1, -0.05) is 54.6 Å². The molecule has 0 aliphatic rings. The molecule has 0 bridgehead atoms. The Bertz CT molecular complexity index is 788. The van der Waals surface area contributed by atoms with E-state index >= 15 is 0 Å². The van der Waals surface area contributed by atoms with Crippen LogP contribution in [-0.2, 0) is 20.9 Å². The lowest BCUT2D eigenvalue weighted by Crippen LogP contribution is -2.35. The molecule has 0 aliphatic carbocycles. The Morgan fingerprint density at radius 3 is 2.39 bits per heavy atom. The van der Waals surface area contributed by atoms with Crippen LogP contribution in [0.1, 0.15) is 22.8 Å². The zero-order valence-corrected chi connectivity index (χ0v) is 15.4. The summed E-state index contributed by atoms with van der Waals surface area (Å²) in [6.07, 6.45) is -0.222. The molecule has 2 aromatic rings. The number of rotatable bonds is 8. The lowest BCUT2D eigenvalue weighted by molar-refractivity contribution is -0.134. The third kappa shape index (κ3) is 6.86. The molecule has 7 nitrogen and oxygen atoms in total. The molecule has 0 spiro atoms. The summed E-state index contributed by atoms with van der Waals surface area (Å²) in [5, 5.41) is 22.7. The van der Waals surface area contributed by atoms with Gasteiger partial charge in [0.2, 0.25) is 0 Å². The fourth-order valence-electron chi connectivity index (χ4n) is 2.33. The highest BCUT2D eigenvalue weighted by atomic mass is 16.5. The van der Waals surface area contributed by atoms with Crippen molar-refractivity contribution in [2.75, 3.05) is 13.7 Å². The van der Waals surface area contributed by atoms with Gasteiger partial charge in [0.15, 0.2) is 0 Å². The van der Waals surface area contributed by atoms with E-state index < -0.39 is 24.3 Å². The average molecular weight is 385 g/mol. The van der Waals surface area contributed by atoms with Crippen molar-refractivity contribution in [2.45, 2.75) is 18.8 Å². The molecular weight excluding hydrogens is 362 g/mol. The summed E-state index contributed by atoms with van der Waals surface area (Å²) in [5.74, 6) is -0.468. The molecule has 2 rings (SSSR count). The lowest BCUT2D eigenvalue weighted by Gasteiger charge is -2.18. The van der Waals surface area contributed by atoms with E-state index in [0.717, 1.165) is 11.1 Å². The van der Waals surface area contributed by atoms with Gasteiger partial charge >= 0.3 is 12.1 Å². The van der Waals surface area contributed by atoms with Crippen LogP contribution in [0, 0.1) is 0 Å². The summed E-state index contributed by atoms with van der Waals surface area (Å²) in [6.45, 7) is -0.0509. The molecule has 1 amide bonds. The maximum Gasteiger partial charge on any atom is 0.407 e. The standard InChI is InChI=1S/C21H23NO6/c1-27-19(24)12-9-15-7-10-17(11-8-15)20(25)18(23)13-22-21(26)28-14-16-5-3-2-4-6-16/h2-12,18,20,23,25H,13-14H2,1H3,(H,22,26)/b12-9+. The topological polar surface area (TPSA) is 105 Å². The number of carbonyl (C=O) groups is 2. The van der Waals surface area contributed by atoms with Crippen molar-refractivity contribution in [1.29, 1.82) is 0 Å². The monoisotopic (exact) mass is 385 g/mol. The number of nitrogens with one attached hydrogen (secondary N) is 1. The van der Waals surface area contributed by atoms with E-state index in [4.69, 9.17) is 4.74 Å². The first-order valence-electron chi connectivity index (χ1n) is 8.66. The van der Waals surface area contributed by atoms with Crippen molar-refractivity contribution in [3.05, 3.63) is 77.4 Å². The zero-order valence-electron chi connectivity index (χ0n) is 15.4. The van der Waals surface area contributed by atoms with Crippen LogP contribution >= 0.6 is 0 Å². The molecule has 0 fully saturated rings. The fourth-order valence-corrected chi connectivity index (χ4v) is 2.33. The molecule has 0 aromatic heterocycles. The molecule has 7 heteroatoms. The van der Waals surface area contributed by atoms with E-state index in [2.05, 4.69) is 10.1 Å². The predicted molar refractivity (Wildman–Crippen MR) is 103 cm³/mol. The number of methoxy groups -OCH3 is 1. The third-order valence-corrected chi connectivity index (χ3v) is 3.92. The highest BCUT2D eigenvalue weighted by molar-refractivity contribution is 5.86. The van der Waals surface area contributed by atoms with Crippen LogP contribution in [0.3, 0.4) is 0 Å². The van der Waals surface area contributed by atoms with E-state index in [9.17, 15) is 19.8 Å². The molecule has 148 valence electrons.